The molecule has 0 saturated heterocycles. The molecule has 0 heterocycles. The number of nitrogens with one attached hydrogen (secondary N) is 1. The summed E-state index contributed by atoms with van der Waals surface area (Å²) in [5, 5.41) is 2.90. The van der Waals surface area contributed by atoms with Gasteiger partial charge in [-0.15, -0.1) is 0 Å². The van der Waals surface area contributed by atoms with Gasteiger partial charge in [0.15, 0.2) is 17.5 Å². The van der Waals surface area contributed by atoms with Gasteiger partial charge in [0.1, 0.15) is 0 Å². The molecule has 1 aromatic rings. The molecule has 0 aliphatic heterocycles. The Hall–Kier alpha value is -0.680. The second-order valence-electron chi connectivity index (χ2n) is 3.39. The van der Waals surface area contributed by atoms with Gasteiger partial charge in [-0.1, -0.05) is 6.07 Å². The Kier molecular flexibility index (Phi) is 5.15. The van der Waals surface area contributed by atoms with E-state index in [-0.39, 0.29) is 11.6 Å². The highest BCUT2D eigenvalue weighted by Gasteiger charge is 2.19. The van der Waals surface area contributed by atoms with E-state index in [2.05, 4.69) is 5.32 Å². The molecule has 1 rings (SSSR count). The van der Waals surface area contributed by atoms with E-state index in [1.165, 1.54) is 6.07 Å². The summed E-state index contributed by atoms with van der Waals surface area (Å²) in [6.07, 6.45) is 2.61. The molecule has 0 radical (unpaired) electrons. The van der Waals surface area contributed by atoms with Crippen molar-refractivity contribution in [2.75, 3.05) is 19.1 Å². The Morgan fingerprint density at radius 2 is 1.94 bits per heavy atom. The van der Waals surface area contributed by atoms with Crippen LogP contribution in [0.15, 0.2) is 12.1 Å². The molecule has 0 amide bonds. The molecule has 0 aliphatic carbocycles. The van der Waals surface area contributed by atoms with Gasteiger partial charge in [-0.05, 0) is 31.5 Å². The summed E-state index contributed by atoms with van der Waals surface area (Å²) >= 11 is 1.62. The maximum Gasteiger partial charge on any atom is 0.194 e. The van der Waals surface area contributed by atoms with Crippen molar-refractivity contribution >= 4 is 11.8 Å². The molecule has 5 heteroatoms. The Balaban J connectivity index is 2.96. The lowest BCUT2D eigenvalue weighted by Crippen LogP contribution is -2.19. The van der Waals surface area contributed by atoms with E-state index >= 15 is 0 Å². The van der Waals surface area contributed by atoms with Gasteiger partial charge in [0, 0.05) is 11.6 Å². The van der Waals surface area contributed by atoms with Crippen LogP contribution in [-0.2, 0) is 0 Å². The van der Waals surface area contributed by atoms with Crippen molar-refractivity contribution in [3.05, 3.63) is 35.1 Å². The van der Waals surface area contributed by atoms with E-state index in [0.29, 0.717) is 6.42 Å². The SMILES string of the molecule is CNC(CCSC)c1ccc(F)c(F)c1F. The molecule has 0 aromatic heterocycles. The monoisotopic (exact) mass is 249 g/mol. The van der Waals surface area contributed by atoms with Crippen molar-refractivity contribution in [3.8, 4) is 0 Å². The van der Waals surface area contributed by atoms with E-state index in [0.717, 1.165) is 11.8 Å². The van der Waals surface area contributed by atoms with Crippen LogP contribution >= 0.6 is 11.8 Å². The van der Waals surface area contributed by atoms with Crippen molar-refractivity contribution in [1.29, 1.82) is 0 Å². The van der Waals surface area contributed by atoms with Gasteiger partial charge < -0.3 is 5.32 Å². The second-order valence-corrected chi connectivity index (χ2v) is 4.37. The van der Waals surface area contributed by atoms with Gasteiger partial charge in [-0.25, -0.2) is 13.2 Å². The van der Waals surface area contributed by atoms with E-state index in [4.69, 9.17) is 0 Å². The number of benzene rings is 1. The minimum Gasteiger partial charge on any atom is -0.313 e. The average molecular weight is 249 g/mol. The first-order valence-corrected chi connectivity index (χ1v) is 6.30. The molecule has 0 fully saturated rings. The fraction of sp³-hybridized carbons (Fsp3) is 0.455. The van der Waals surface area contributed by atoms with Crippen molar-refractivity contribution < 1.29 is 13.2 Å². The molecule has 0 saturated carbocycles. The second kappa shape index (κ2) is 6.15. The standard InChI is InChI=1S/C11H14F3NS/c1-15-9(5-6-16-2)7-3-4-8(12)11(14)10(7)13/h3-4,9,15H,5-6H2,1-2H3. The molecule has 0 spiro atoms. The van der Waals surface area contributed by atoms with Gasteiger partial charge in [0.05, 0.1) is 0 Å². The number of rotatable bonds is 5. The van der Waals surface area contributed by atoms with E-state index < -0.39 is 17.5 Å². The fourth-order valence-electron chi connectivity index (χ4n) is 1.50. The molecule has 1 aromatic carbocycles. The summed E-state index contributed by atoms with van der Waals surface area (Å²) in [5.74, 6) is -2.83. The summed E-state index contributed by atoms with van der Waals surface area (Å²) in [5.41, 5.74) is 0.176. The van der Waals surface area contributed by atoms with E-state index in [9.17, 15) is 13.2 Å². The van der Waals surface area contributed by atoms with Crippen LogP contribution < -0.4 is 5.32 Å². The summed E-state index contributed by atoms with van der Waals surface area (Å²) < 4.78 is 39.2. The highest BCUT2D eigenvalue weighted by atomic mass is 32.2. The first kappa shape index (κ1) is 13.4. The molecule has 1 N–H and O–H groups in total. The van der Waals surface area contributed by atoms with Crippen LogP contribution in [0.5, 0.6) is 0 Å². The predicted octanol–water partition coefficient (Wildman–Crippen LogP) is 3.12. The van der Waals surface area contributed by atoms with Crippen LogP contribution in [0.1, 0.15) is 18.0 Å². The van der Waals surface area contributed by atoms with Crippen LogP contribution in [0.2, 0.25) is 0 Å². The van der Waals surface area contributed by atoms with Crippen LogP contribution in [-0.4, -0.2) is 19.1 Å². The van der Waals surface area contributed by atoms with Gasteiger partial charge >= 0.3 is 0 Å². The van der Waals surface area contributed by atoms with Crippen LogP contribution in [0, 0.1) is 17.5 Å². The maximum absolute atomic E-state index is 13.5. The van der Waals surface area contributed by atoms with Gasteiger partial charge in [0.25, 0.3) is 0 Å². The Labute approximate surface area is 97.4 Å². The van der Waals surface area contributed by atoms with Crippen molar-refractivity contribution in [3.63, 3.8) is 0 Å². The number of hydrogen-bond donors (Lipinski definition) is 1. The van der Waals surface area contributed by atoms with E-state index in [1.807, 2.05) is 6.26 Å². The number of hydrogen-bond acceptors (Lipinski definition) is 2. The first-order chi connectivity index (χ1) is 7.61. The third-order valence-corrected chi connectivity index (χ3v) is 3.04. The van der Waals surface area contributed by atoms with Crippen LogP contribution in [0.3, 0.4) is 0 Å². The minimum atomic E-state index is -1.40. The Bertz CT molecular complexity index is 357. The zero-order valence-corrected chi connectivity index (χ0v) is 10.0. The van der Waals surface area contributed by atoms with Crippen molar-refractivity contribution in [1.82, 2.24) is 5.32 Å². The van der Waals surface area contributed by atoms with Gasteiger partial charge in [-0.2, -0.15) is 11.8 Å². The lowest BCUT2D eigenvalue weighted by molar-refractivity contribution is 0.427. The lowest BCUT2D eigenvalue weighted by Gasteiger charge is -2.17. The fourth-order valence-corrected chi connectivity index (χ4v) is 1.97. The van der Waals surface area contributed by atoms with E-state index in [1.54, 1.807) is 18.8 Å². The van der Waals surface area contributed by atoms with Crippen LogP contribution in [0.4, 0.5) is 13.2 Å². The normalized spacial score (nSPS) is 12.8. The molecule has 90 valence electrons. The zero-order valence-electron chi connectivity index (χ0n) is 9.19. The quantitative estimate of drug-likeness (QED) is 0.805. The van der Waals surface area contributed by atoms with Crippen molar-refractivity contribution in [2.45, 2.75) is 12.5 Å². The molecule has 1 atom stereocenters. The molecule has 1 unspecified atom stereocenters. The number of thioether (sulfide) groups is 1. The summed E-state index contributed by atoms with van der Waals surface area (Å²) in [4.78, 5) is 0. The highest BCUT2D eigenvalue weighted by Crippen LogP contribution is 2.24. The molecular weight excluding hydrogens is 235 g/mol. The molecule has 1 nitrogen and oxygen atoms in total. The summed E-state index contributed by atoms with van der Waals surface area (Å²) in [7, 11) is 1.67. The average Bonchev–Trinajstić information content (AvgIpc) is 2.29. The largest absolute Gasteiger partial charge is 0.313 e. The summed E-state index contributed by atoms with van der Waals surface area (Å²) in [6, 6.07) is 1.95. The lowest BCUT2D eigenvalue weighted by atomic mass is 10.0. The Morgan fingerprint density at radius 3 is 2.50 bits per heavy atom. The van der Waals surface area contributed by atoms with Crippen LogP contribution in [0.25, 0.3) is 0 Å². The maximum atomic E-state index is 13.5. The number of halogens is 3. The topological polar surface area (TPSA) is 12.0 Å². The third-order valence-electron chi connectivity index (χ3n) is 2.40. The smallest absolute Gasteiger partial charge is 0.194 e. The van der Waals surface area contributed by atoms with Gasteiger partial charge in [-0.3, -0.25) is 0 Å². The van der Waals surface area contributed by atoms with Crippen molar-refractivity contribution in [2.24, 2.45) is 0 Å². The Morgan fingerprint density at radius 1 is 1.25 bits per heavy atom. The molecule has 0 aliphatic rings. The minimum absolute atomic E-state index is 0.176. The molecule has 0 bridgehead atoms. The predicted molar refractivity (Wildman–Crippen MR) is 61.1 cm³/mol. The summed E-state index contributed by atoms with van der Waals surface area (Å²) in [6.45, 7) is 0. The third kappa shape index (κ3) is 2.92. The zero-order chi connectivity index (χ0) is 12.1. The first-order valence-electron chi connectivity index (χ1n) is 4.91. The molecule has 16 heavy (non-hydrogen) atoms. The highest BCUT2D eigenvalue weighted by molar-refractivity contribution is 7.98. The van der Waals surface area contributed by atoms with Gasteiger partial charge in [0.2, 0.25) is 0 Å². The molecular formula is C11H14F3NS.